The molecular formula is C15H22N2O. The van der Waals surface area contributed by atoms with Gasteiger partial charge in [0.05, 0.1) is 6.54 Å². The highest BCUT2D eigenvalue weighted by Crippen LogP contribution is 2.24. The van der Waals surface area contributed by atoms with Crippen molar-refractivity contribution in [2.45, 2.75) is 45.2 Å². The minimum atomic E-state index is -0.228. The van der Waals surface area contributed by atoms with Gasteiger partial charge < -0.3 is 5.73 Å². The zero-order valence-electron chi connectivity index (χ0n) is 11.1. The maximum atomic E-state index is 11.2. The van der Waals surface area contributed by atoms with E-state index in [-0.39, 0.29) is 5.91 Å². The van der Waals surface area contributed by atoms with Crippen LogP contribution in [0.25, 0.3) is 0 Å². The first-order valence-electron chi connectivity index (χ1n) is 6.73. The van der Waals surface area contributed by atoms with Gasteiger partial charge in [0.25, 0.3) is 0 Å². The third kappa shape index (κ3) is 3.57. The van der Waals surface area contributed by atoms with E-state index in [9.17, 15) is 4.79 Å². The molecule has 2 rings (SSSR count). The smallest absolute Gasteiger partial charge is 0.231 e. The Labute approximate surface area is 109 Å². The average molecular weight is 246 g/mol. The average Bonchev–Trinajstić information content (AvgIpc) is 2.84. The number of amides is 1. The van der Waals surface area contributed by atoms with Crippen molar-refractivity contribution in [2.75, 3.05) is 6.54 Å². The first-order valence-corrected chi connectivity index (χ1v) is 6.73. The molecule has 0 atom stereocenters. The topological polar surface area (TPSA) is 46.3 Å². The fourth-order valence-corrected chi connectivity index (χ4v) is 2.71. The Balaban J connectivity index is 2.03. The molecule has 1 saturated carbocycles. The van der Waals surface area contributed by atoms with Crippen LogP contribution in [0.3, 0.4) is 0 Å². The number of carbonyl (C=O) groups is 1. The summed E-state index contributed by atoms with van der Waals surface area (Å²) in [5, 5.41) is 0. The van der Waals surface area contributed by atoms with Crippen molar-refractivity contribution in [1.82, 2.24) is 4.90 Å². The molecule has 3 nitrogen and oxygen atoms in total. The third-order valence-electron chi connectivity index (χ3n) is 3.71. The number of carbonyl (C=O) groups excluding carboxylic acids is 1. The molecule has 1 aromatic carbocycles. The van der Waals surface area contributed by atoms with Crippen LogP contribution < -0.4 is 5.73 Å². The number of nitrogens with zero attached hydrogens (tertiary/aromatic N) is 1. The van der Waals surface area contributed by atoms with Gasteiger partial charge in [-0.15, -0.1) is 0 Å². The van der Waals surface area contributed by atoms with Crippen LogP contribution in [0.5, 0.6) is 0 Å². The van der Waals surface area contributed by atoms with Gasteiger partial charge in [0, 0.05) is 12.6 Å². The number of aryl methyl sites for hydroxylation is 1. The summed E-state index contributed by atoms with van der Waals surface area (Å²) >= 11 is 0. The van der Waals surface area contributed by atoms with Gasteiger partial charge in [0.2, 0.25) is 5.91 Å². The Bertz CT molecular complexity index is 393. The van der Waals surface area contributed by atoms with Gasteiger partial charge in [-0.25, -0.2) is 0 Å². The normalized spacial score (nSPS) is 16.3. The van der Waals surface area contributed by atoms with Crippen molar-refractivity contribution < 1.29 is 4.79 Å². The van der Waals surface area contributed by atoms with Gasteiger partial charge in [-0.05, 0) is 25.3 Å². The van der Waals surface area contributed by atoms with E-state index in [0.717, 1.165) is 6.54 Å². The molecule has 0 aromatic heterocycles. The first kappa shape index (κ1) is 13.1. The maximum absolute atomic E-state index is 11.2. The van der Waals surface area contributed by atoms with Crippen molar-refractivity contribution >= 4 is 5.91 Å². The van der Waals surface area contributed by atoms with Crippen LogP contribution in [0.1, 0.15) is 36.8 Å². The van der Waals surface area contributed by atoms with E-state index in [1.165, 1.54) is 36.8 Å². The van der Waals surface area contributed by atoms with Crippen LogP contribution in [0.2, 0.25) is 0 Å². The highest BCUT2D eigenvalue weighted by molar-refractivity contribution is 5.75. The highest BCUT2D eigenvalue weighted by Gasteiger charge is 2.23. The molecule has 1 aliphatic rings. The summed E-state index contributed by atoms with van der Waals surface area (Å²) < 4.78 is 0. The minimum absolute atomic E-state index is 0.228. The lowest BCUT2D eigenvalue weighted by atomic mass is 10.1. The summed E-state index contributed by atoms with van der Waals surface area (Å²) in [6.45, 7) is 3.29. The molecule has 1 amide bonds. The zero-order chi connectivity index (χ0) is 13.0. The molecule has 0 unspecified atom stereocenters. The molecule has 2 N–H and O–H groups in total. The molecular weight excluding hydrogens is 224 g/mol. The van der Waals surface area contributed by atoms with Gasteiger partial charge in [-0.3, -0.25) is 9.69 Å². The predicted molar refractivity (Wildman–Crippen MR) is 73.0 cm³/mol. The fraction of sp³-hybridized carbons (Fsp3) is 0.533. The number of nitrogens with two attached hydrogens (primary N) is 1. The first-order chi connectivity index (χ1) is 8.65. The Morgan fingerprint density at radius 2 is 1.89 bits per heavy atom. The molecule has 0 bridgehead atoms. The molecule has 1 fully saturated rings. The molecule has 3 heteroatoms. The molecule has 18 heavy (non-hydrogen) atoms. The fourth-order valence-electron chi connectivity index (χ4n) is 2.71. The van der Waals surface area contributed by atoms with Crippen molar-refractivity contribution in [3.63, 3.8) is 0 Å². The Hall–Kier alpha value is -1.35. The maximum Gasteiger partial charge on any atom is 0.231 e. The molecule has 0 heterocycles. The van der Waals surface area contributed by atoms with Crippen molar-refractivity contribution in [3.05, 3.63) is 35.4 Å². The minimum Gasteiger partial charge on any atom is -0.369 e. The monoisotopic (exact) mass is 246 g/mol. The Morgan fingerprint density at radius 1 is 1.28 bits per heavy atom. The van der Waals surface area contributed by atoms with Crippen LogP contribution in [0.4, 0.5) is 0 Å². The lowest BCUT2D eigenvalue weighted by Gasteiger charge is -2.27. The molecule has 0 radical (unpaired) electrons. The lowest BCUT2D eigenvalue weighted by Crippen LogP contribution is -2.39. The summed E-state index contributed by atoms with van der Waals surface area (Å²) in [5.41, 5.74) is 7.88. The molecule has 1 aromatic rings. The number of hydrogen-bond acceptors (Lipinski definition) is 2. The van der Waals surface area contributed by atoms with Gasteiger partial charge in [0.15, 0.2) is 0 Å². The number of benzene rings is 1. The number of hydrogen-bond donors (Lipinski definition) is 1. The summed E-state index contributed by atoms with van der Waals surface area (Å²) in [7, 11) is 0. The summed E-state index contributed by atoms with van der Waals surface area (Å²) in [6.07, 6.45) is 4.93. The van der Waals surface area contributed by atoms with Gasteiger partial charge in [-0.1, -0.05) is 42.7 Å². The number of primary amides is 1. The van der Waals surface area contributed by atoms with Crippen LogP contribution in [-0.2, 0) is 11.3 Å². The van der Waals surface area contributed by atoms with Gasteiger partial charge in [-0.2, -0.15) is 0 Å². The molecule has 1 aliphatic carbocycles. The van der Waals surface area contributed by atoms with Crippen LogP contribution >= 0.6 is 0 Å². The van der Waals surface area contributed by atoms with E-state index >= 15 is 0 Å². The van der Waals surface area contributed by atoms with Crippen LogP contribution in [-0.4, -0.2) is 23.4 Å². The van der Waals surface area contributed by atoms with E-state index in [0.29, 0.717) is 12.6 Å². The largest absolute Gasteiger partial charge is 0.369 e. The van der Waals surface area contributed by atoms with E-state index in [2.05, 4.69) is 36.1 Å². The van der Waals surface area contributed by atoms with Gasteiger partial charge >= 0.3 is 0 Å². The van der Waals surface area contributed by atoms with E-state index < -0.39 is 0 Å². The summed E-state index contributed by atoms with van der Waals surface area (Å²) in [5.74, 6) is -0.228. The molecule has 98 valence electrons. The second kappa shape index (κ2) is 6.01. The molecule has 0 saturated heterocycles. The third-order valence-corrected chi connectivity index (χ3v) is 3.71. The second-order valence-corrected chi connectivity index (χ2v) is 5.30. The van der Waals surface area contributed by atoms with E-state index in [1.54, 1.807) is 0 Å². The van der Waals surface area contributed by atoms with Gasteiger partial charge in [0.1, 0.15) is 0 Å². The lowest BCUT2D eigenvalue weighted by molar-refractivity contribution is -0.119. The van der Waals surface area contributed by atoms with Crippen molar-refractivity contribution in [3.8, 4) is 0 Å². The van der Waals surface area contributed by atoms with Crippen LogP contribution in [0.15, 0.2) is 24.3 Å². The Kier molecular flexibility index (Phi) is 4.37. The second-order valence-electron chi connectivity index (χ2n) is 5.30. The summed E-state index contributed by atoms with van der Waals surface area (Å²) in [4.78, 5) is 13.4. The van der Waals surface area contributed by atoms with E-state index in [1.807, 2.05) is 0 Å². The SMILES string of the molecule is Cc1ccc(CN(CC(N)=O)C2CCCC2)cc1. The van der Waals surface area contributed by atoms with E-state index in [4.69, 9.17) is 5.73 Å². The number of rotatable bonds is 5. The van der Waals surface area contributed by atoms with Crippen molar-refractivity contribution in [1.29, 1.82) is 0 Å². The summed E-state index contributed by atoms with van der Waals surface area (Å²) in [6, 6.07) is 9.04. The predicted octanol–water partition coefficient (Wildman–Crippen LogP) is 2.22. The highest BCUT2D eigenvalue weighted by atomic mass is 16.1. The molecule has 0 spiro atoms. The van der Waals surface area contributed by atoms with Crippen LogP contribution in [0, 0.1) is 6.92 Å². The Morgan fingerprint density at radius 3 is 2.44 bits per heavy atom. The zero-order valence-corrected chi connectivity index (χ0v) is 11.1. The quantitative estimate of drug-likeness (QED) is 0.866. The standard InChI is InChI=1S/C15H22N2O/c1-12-6-8-13(9-7-12)10-17(11-15(16)18)14-4-2-3-5-14/h6-9,14H,2-5,10-11H2,1H3,(H2,16,18). The molecule has 0 aliphatic heterocycles. The van der Waals surface area contributed by atoms with Crippen molar-refractivity contribution in [2.24, 2.45) is 5.73 Å².